The molecule has 4 nitrogen and oxygen atoms in total. The van der Waals surface area contributed by atoms with E-state index in [2.05, 4.69) is 10.6 Å². The number of methoxy groups -OCH3 is 1. The van der Waals surface area contributed by atoms with Crippen LogP contribution < -0.4 is 15.4 Å². The molecular formula is C18H26ClFN2O2. The standard InChI is InChI=1S/C18H25FN2O2.ClH/c1-23-17-7-6-12(10-14(17)19)8-9-20-18(22)16-11-13-4-2-3-5-15(13)21-16;/h6-7,10,13,15-16,21H,2-5,8-9,11H2,1H3,(H,20,22);1H. The molecule has 3 unspecified atom stereocenters. The molecule has 1 aromatic rings. The number of carbonyl (C=O) groups excluding carboxylic acids is 1. The van der Waals surface area contributed by atoms with Crippen molar-refractivity contribution in [1.29, 1.82) is 0 Å². The largest absolute Gasteiger partial charge is 0.494 e. The number of halogens is 2. The van der Waals surface area contributed by atoms with Crippen molar-refractivity contribution in [3.63, 3.8) is 0 Å². The van der Waals surface area contributed by atoms with E-state index >= 15 is 0 Å². The van der Waals surface area contributed by atoms with Crippen LogP contribution in [-0.2, 0) is 11.2 Å². The smallest absolute Gasteiger partial charge is 0.237 e. The SMILES string of the molecule is COc1ccc(CCNC(=O)C2CC3CCCCC3N2)cc1F.Cl. The first-order valence-electron chi connectivity index (χ1n) is 8.53. The molecule has 1 saturated carbocycles. The number of benzene rings is 1. The first-order valence-corrected chi connectivity index (χ1v) is 8.53. The Morgan fingerprint density at radius 3 is 2.88 bits per heavy atom. The van der Waals surface area contributed by atoms with E-state index in [-0.39, 0.29) is 35.9 Å². The summed E-state index contributed by atoms with van der Waals surface area (Å²) in [6, 6.07) is 5.38. The van der Waals surface area contributed by atoms with Gasteiger partial charge in [-0.15, -0.1) is 12.4 Å². The van der Waals surface area contributed by atoms with Crippen LogP contribution in [0.4, 0.5) is 4.39 Å². The van der Waals surface area contributed by atoms with Crippen molar-refractivity contribution in [3.8, 4) is 5.75 Å². The fourth-order valence-corrected chi connectivity index (χ4v) is 3.84. The van der Waals surface area contributed by atoms with Crippen LogP contribution in [0.1, 0.15) is 37.7 Å². The monoisotopic (exact) mass is 356 g/mol. The van der Waals surface area contributed by atoms with E-state index in [9.17, 15) is 9.18 Å². The highest BCUT2D eigenvalue weighted by molar-refractivity contribution is 5.85. The summed E-state index contributed by atoms with van der Waals surface area (Å²) < 4.78 is 18.5. The number of rotatable bonds is 5. The minimum absolute atomic E-state index is 0. The number of nitrogens with one attached hydrogen (secondary N) is 2. The lowest BCUT2D eigenvalue weighted by Crippen LogP contribution is -2.43. The molecule has 0 spiro atoms. The first kappa shape index (κ1) is 19.0. The second kappa shape index (κ2) is 8.67. The van der Waals surface area contributed by atoms with Gasteiger partial charge in [0.1, 0.15) is 0 Å². The van der Waals surface area contributed by atoms with Gasteiger partial charge in [-0.2, -0.15) is 0 Å². The second-order valence-electron chi connectivity index (χ2n) is 6.62. The van der Waals surface area contributed by atoms with Gasteiger partial charge in [-0.05, 0) is 49.3 Å². The van der Waals surface area contributed by atoms with E-state index in [1.54, 1.807) is 6.07 Å². The molecule has 2 N–H and O–H groups in total. The maximum Gasteiger partial charge on any atom is 0.237 e. The van der Waals surface area contributed by atoms with Crippen LogP contribution in [0.5, 0.6) is 5.75 Å². The molecule has 134 valence electrons. The zero-order valence-electron chi connectivity index (χ0n) is 14.0. The highest BCUT2D eigenvalue weighted by Gasteiger charge is 2.37. The topological polar surface area (TPSA) is 50.4 Å². The summed E-state index contributed by atoms with van der Waals surface area (Å²) in [5.41, 5.74) is 0.858. The third-order valence-corrected chi connectivity index (χ3v) is 5.11. The predicted octanol–water partition coefficient (Wildman–Crippen LogP) is 2.84. The Labute approximate surface area is 148 Å². The Hall–Kier alpha value is -1.33. The lowest BCUT2D eigenvalue weighted by atomic mass is 9.85. The number of amides is 1. The minimum Gasteiger partial charge on any atom is -0.494 e. The number of ether oxygens (including phenoxy) is 1. The summed E-state index contributed by atoms with van der Waals surface area (Å²) in [5.74, 6) is 0.622. The molecule has 2 aliphatic rings. The zero-order chi connectivity index (χ0) is 16.2. The highest BCUT2D eigenvalue weighted by atomic mass is 35.5. The average Bonchev–Trinajstić information content (AvgIpc) is 2.99. The maximum atomic E-state index is 13.6. The van der Waals surface area contributed by atoms with Gasteiger partial charge in [0, 0.05) is 12.6 Å². The first-order chi connectivity index (χ1) is 11.2. The van der Waals surface area contributed by atoms with Crippen molar-refractivity contribution in [2.24, 2.45) is 5.92 Å². The van der Waals surface area contributed by atoms with E-state index in [4.69, 9.17) is 4.74 Å². The molecule has 1 amide bonds. The molecule has 6 heteroatoms. The predicted molar refractivity (Wildman–Crippen MR) is 94.2 cm³/mol. The summed E-state index contributed by atoms with van der Waals surface area (Å²) in [6.07, 6.45) is 6.57. The van der Waals surface area contributed by atoms with Gasteiger partial charge in [-0.3, -0.25) is 4.79 Å². The van der Waals surface area contributed by atoms with Crippen LogP contribution in [-0.4, -0.2) is 31.6 Å². The molecule has 24 heavy (non-hydrogen) atoms. The molecular weight excluding hydrogens is 331 g/mol. The molecule has 1 aliphatic carbocycles. The Morgan fingerprint density at radius 2 is 2.17 bits per heavy atom. The summed E-state index contributed by atoms with van der Waals surface area (Å²) in [4.78, 5) is 12.3. The summed E-state index contributed by atoms with van der Waals surface area (Å²) in [5, 5.41) is 6.45. The van der Waals surface area contributed by atoms with Crippen molar-refractivity contribution < 1.29 is 13.9 Å². The maximum absolute atomic E-state index is 13.6. The highest BCUT2D eigenvalue weighted by Crippen LogP contribution is 2.33. The van der Waals surface area contributed by atoms with Crippen LogP contribution >= 0.6 is 12.4 Å². The Kier molecular flexibility index (Phi) is 6.87. The van der Waals surface area contributed by atoms with E-state index in [1.165, 1.54) is 38.9 Å². The molecule has 0 bridgehead atoms. The van der Waals surface area contributed by atoms with Gasteiger partial charge in [0.15, 0.2) is 11.6 Å². The molecule has 3 rings (SSSR count). The summed E-state index contributed by atoms with van der Waals surface area (Å²) >= 11 is 0. The lowest BCUT2D eigenvalue weighted by Gasteiger charge is -2.24. The van der Waals surface area contributed by atoms with Gasteiger partial charge >= 0.3 is 0 Å². The number of fused-ring (bicyclic) bond motifs is 1. The molecule has 1 heterocycles. The Morgan fingerprint density at radius 1 is 1.38 bits per heavy atom. The summed E-state index contributed by atoms with van der Waals surface area (Å²) in [7, 11) is 1.45. The second-order valence-corrected chi connectivity index (χ2v) is 6.62. The van der Waals surface area contributed by atoms with Crippen molar-refractivity contribution in [2.75, 3.05) is 13.7 Å². The van der Waals surface area contributed by atoms with Crippen molar-refractivity contribution in [2.45, 2.75) is 50.6 Å². The van der Waals surface area contributed by atoms with Gasteiger partial charge in [0.25, 0.3) is 0 Å². The van der Waals surface area contributed by atoms with Gasteiger partial charge in [0.05, 0.1) is 13.2 Å². The molecule has 1 saturated heterocycles. The van der Waals surface area contributed by atoms with Gasteiger partial charge in [-0.1, -0.05) is 18.9 Å². The Bertz CT molecular complexity index is 556. The summed E-state index contributed by atoms with van der Waals surface area (Å²) in [6.45, 7) is 0.526. The average molecular weight is 357 g/mol. The van der Waals surface area contributed by atoms with E-state index < -0.39 is 0 Å². The number of hydrogen-bond donors (Lipinski definition) is 2. The number of carbonyl (C=O) groups is 1. The van der Waals surface area contributed by atoms with Gasteiger partial charge < -0.3 is 15.4 Å². The third kappa shape index (κ3) is 4.39. The normalized spacial score (nSPS) is 25.5. The number of hydrogen-bond acceptors (Lipinski definition) is 3. The molecule has 2 fully saturated rings. The van der Waals surface area contributed by atoms with Crippen LogP contribution in [0, 0.1) is 11.7 Å². The molecule has 1 aliphatic heterocycles. The van der Waals surface area contributed by atoms with Crippen LogP contribution in [0.2, 0.25) is 0 Å². The Balaban J connectivity index is 0.00000208. The third-order valence-electron chi connectivity index (χ3n) is 5.11. The quantitative estimate of drug-likeness (QED) is 0.853. The zero-order valence-corrected chi connectivity index (χ0v) is 14.8. The fourth-order valence-electron chi connectivity index (χ4n) is 3.84. The van der Waals surface area contributed by atoms with Crippen LogP contribution in [0.25, 0.3) is 0 Å². The van der Waals surface area contributed by atoms with Crippen molar-refractivity contribution in [3.05, 3.63) is 29.6 Å². The molecule has 0 radical (unpaired) electrons. The molecule has 1 aromatic carbocycles. The van der Waals surface area contributed by atoms with Crippen LogP contribution in [0.3, 0.4) is 0 Å². The van der Waals surface area contributed by atoms with Gasteiger partial charge in [0.2, 0.25) is 5.91 Å². The lowest BCUT2D eigenvalue weighted by molar-refractivity contribution is -0.122. The van der Waals surface area contributed by atoms with E-state index in [0.717, 1.165) is 12.0 Å². The van der Waals surface area contributed by atoms with Crippen molar-refractivity contribution in [1.82, 2.24) is 10.6 Å². The molecule has 3 atom stereocenters. The van der Waals surface area contributed by atoms with Gasteiger partial charge in [-0.25, -0.2) is 4.39 Å². The molecule has 0 aromatic heterocycles. The van der Waals surface area contributed by atoms with Crippen LogP contribution in [0.15, 0.2) is 18.2 Å². The van der Waals surface area contributed by atoms with Crippen molar-refractivity contribution >= 4 is 18.3 Å². The van der Waals surface area contributed by atoms with E-state index in [0.29, 0.717) is 24.9 Å². The van der Waals surface area contributed by atoms with E-state index in [1.807, 2.05) is 6.07 Å². The minimum atomic E-state index is -0.363. The fraction of sp³-hybridized carbons (Fsp3) is 0.611.